The summed E-state index contributed by atoms with van der Waals surface area (Å²) in [6, 6.07) is 5.54. The van der Waals surface area contributed by atoms with Gasteiger partial charge in [-0.3, -0.25) is 4.79 Å². The number of carbonyl (C=O) groups is 1. The summed E-state index contributed by atoms with van der Waals surface area (Å²) in [6.07, 6.45) is 1.75. The van der Waals surface area contributed by atoms with Crippen molar-refractivity contribution in [1.82, 2.24) is 9.97 Å². The van der Waals surface area contributed by atoms with E-state index < -0.39 is 0 Å². The van der Waals surface area contributed by atoms with Gasteiger partial charge in [0.05, 0.1) is 30.4 Å². The Morgan fingerprint density at radius 1 is 1.56 bits per heavy atom. The van der Waals surface area contributed by atoms with Gasteiger partial charge in [0.2, 0.25) is 5.91 Å². The van der Waals surface area contributed by atoms with E-state index in [0.717, 1.165) is 16.7 Å². The fourth-order valence-corrected chi connectivity index (χ4v) is 1.54. The first-order chi connectivity index (χ1) is 7.72. The number of aliphatic hydroxyl groups excluding tert-OH is 1. The van der Waals surface area contributed by atoms with E-state index in [2.05, 4.69) is 9.97 Å². The second-order valence-electron chi connectivity index (χ2n) is 3.53. The van der Waals surface area contributed by atoms with Gasteiger partial charge in [0, 0.05) is 12.7 Å². The number of anilines is 1. The van der Waals surface area contributed by atoms with Crippen LogP contribution in [-0.4, -0.2) is 34.6 Å². The third-order valence-electron chi connectivity index (χ3n) is 2.49. The Hall–Kier alpha value is -1.88. The highest BCUT2D eigenvalue weighted by Gasteiger charge is 2.10. The zero-order valence-corrected chi connectivity index (χ0v) is 8.97. The van der Waals surface area contributed by atoms with Gasteiger partial charge in [-0.25, -0.2) is 4.98 Å². The smallest absolute Gasteiger partial charge is 0.229 e. The number of nitrogens with one attached hydrogen (secondary N) is 1. The molecule has 2 rings (SSSR count). The number of aromatic amines is 1. The van der Waals surface area contributed by atoms with Crippen LogP contribution >= 0.6 is 0 Å². The van der Waals surface area contributed by atoms with Crippen molar-refractivity contribution in [3.63, 3.8) is 0 Å². The normalized spacial score (nSPS) is 10.6. The minimum absolute atomic E-state index is 0.110. The van der Waals surface area contributed by atoms with E-state index in [-0.39, 0.29) is 18.9 Å². The van der Waals surface area contributed by atoms with Crippen LogP contribution in [-0.2, 0) is 4.79 Å². The van der Waals surface area contributed by atoms with E-state index in [1.165, 1.54) is 4.90 Å². The zero-order chi connectivity index (χ0) is 11.5. The quantitative estimate of drug-likeness (QED) is 0.806. The highest BCUT2D eigenvalue weighted by atomic mass is 16.3. The molecule has 0 aliphatic carbocycles. The summed E-state index contributed by atoms with van der Waals surface area (Å²) < 4.78 is 0. The topological polar surface area (TPSA) is 69.2 Å². The Bertz CT molecular complexity index is 507. The van der Waals surface area contributed by atoms with Crippen molar-refractivity contribution in [2.45, 2.75) is 6.42 Å². The Kier molecular flexibility index (Phi) is 2.87. The molecule has 0 saturated carbocycles. The third-order valence-corrected chi connectivity index (χ3v) is 2.49. The summed E-state index contributed by atoms with van der Waals surface area (Å²) in [5.41, 5.74) is 2.54. The molecule has 1 aromatic heterocycles. The van der Waals surface area contributed by atoms with Crippen LogP contribution in [0.4, 0.5) is 5.69 Å². The van der Waals surface area contributed by atoms with Crippen molar-refractivity contribution in [2.75, 3.05) is 18.6 Å². The van der Waals surface area contributed by atoms with Crippen LogP contribution in [0.1, 0.15) is 6.42 Å². The monoisotopic (exact) mass is 219 g/mol. The van der Waals surface area contributed by atoms with Crippen molar-refractivity contribution >= 4 is 22.6 Å². The number of hydrogen-bond donors (Lipinski definition) is 2. The third kappa shape index (κ3) is 1.90. The average molecular weight is 219 g/mol. The number of H-pyrrole nitrogens is 1. The molecular weight excluding hydrogens is 206 g/mol. The van der Waals surface area contributed by atoms with Crippen LogP contribution in [0.3, 0.4) is 0 Å². The minimum Gasteiger partial charge on any atom is -0.396 e. The summed E-state index contributed by atoms with van der Waals surface area (Å²) in [4.78, 5) is 20.2. The molecule has 16 heavy (non-hydrogen) atoms. The molecule has 5 heteroatoms. The van der Waals surface area contributed by atoms with Gasteiger partial charge in [0.15, 0.2) is 0 Å². The second-order valence-corrected chi connectivity index (χ2v) is 3.53. The summed E-state index contributed by atoms with van der Waals surface area (Å²) in [5, 5.41) is 8.71. The maximum Gasteiger partial charge on any atom is 0.229 e. The highest BCUT2D eigenvalue weighted by molar-refractivity contribution is 5.94. The summed E-state index contributed by atoms with van der Waals surface area (Å²) in [7, 11) is 1.69. The number of benzene rings is 1. The molecule has 0 bridgehead atoms. The van der Waals surface area contributed by atoms with Crippen LogP contribution in [0.25, 0.3) is 11.0 Å². The number of carbonyl (C=O) groups excluding carboxylic acids is 1. The number of nitrogens with zero attached hydrogens (tertiary/aromatic N) is 2. The number of rotatable bonds is 3. The summed E-state index contributed by atoms with van der Waals surface area (Å²) >= 11 is 0. The first kappa shape index (κ1) is 10.6. The number of fused-ring (bicyclic) bond motifs is 1. The Morgan fingerprint density at radius 3 is 3.12 bits per heavy atom. The predicted molar refractivity (Wildman–Crippen MR) is 61.2 cm³/mol. The van der Waals surface area contributed by atoms with Gasteiger partial charge in [-0.2, -0.15) is 0 Å². The van der Waals surface area contributed by atoms with Crippen molar-refractivity contribution in [1.29, 1.82) is 0 Å². The van der Waals surface area contributed by atoms with Crippen molar-refractivity contribution in [3.05, 3.63) is 24.5 Å². The van der Waals surface area contributed by atoms with Gasteiger partial charge in [-0.15, -0.1) is 0 Å². The number of aromatic nitrogens is 2. The Morgan fingerprint density at radius 2 is 2.38 bits per heavy atom. The van der Waals surface area contributed by atoms with E-state index in [1.54, 1.807) is 13.4 Å². The fraction of sp³-hybridized carbons (Fsp3) is 0.273. The summed E-state index contributed by atoms with van der Waals surface area (Å²) in [5.74, 6) is -0.110. The van der Waals surface area contributed by atoms with Gasteiger partial charge in [-0.1, -0.05) is 0 Å². The molecule has 0 fully saturated rings. The second kappa shape index (κ2) is 4.32. The molecular formula is C11H13N3O2. The van der Waals surface area contributed by atoms with Crippen molar-refractivity contribution in [3.8, 4) is 0 Å². The molecule has 0 spiro atoms. The molecule has 5 nitrogen and oxygen atoms in total. The molecule has 0 radical (unpaired) electrons. The lowest BCUT2D eigenvalue weighted by Crippen LogP contribution is -2.26. The van der Waals surface area contributed by atoms with Gasteiger partial charge < -0.3 is 15.0 Å². The van der Waals surface area contributed by atoms with Gasteiger partial charge in [0.1, 0.15) is 0 Å². The maximum atomic E-state index is 11.6. The summed E-state index contributed by atoms with van der Waals surface area (Å²) in [6.45, 7) is -0.129. The molecule has 0 unspecified atom stereocenters. The molecule has 2 aromatic rings. The van der Waals surface area contributed by atoms with Crippen LogP contribution in [0.2, 0.25) is 0 Å². The van der Waals surface area contributed by atoms with Gasteiger partial charge >= 0.3 is 0 Å². The lowest BCUT2D eigenvalue weighted by atomic mass is 10.2. The van der Waals surface area contributed by atoms with Crippen LogP contribution in [0, 0.1) is 0 Å². The molecule has 84 valence electrons. The first-order valence-electron chi connectivity index (χ1n) is 5.03. The molecule has 0 aliphatic rings. The van der Waals surface area contributed by atoms with Crippen LogP contribution in [0.15, 0.2) is 24.5 Å². The zero-order valence-electron chi connectivity index (χ0n) is 8.97. The van der Waals surface area contributed by atoms with E-state index in [9.17, 15) is 4.79 Å². The number of amides is 1. The van der Waals surface area contributed by atoms with Gasteiger partial charge in [0.25, 0.3) is 0 Å². The lowest BCUT2D eigenvalue weighted by molar-refractivity contribution is -0.118. The molecule has 1 aromatic carbocycles. The molecule has 0 atom stereocenters. The molecule has 1 heterocycles. The molecule has 2 N–H and O–H groups in total. The van der Waals surface area contributed by atoms with E-state index in [1.807, 2.05) is 18.2 Å². The fourth-order valence-electron chi connectivity index (χ4n) is 1.54. The van der Waals surface area contributed by atoms with E-state index >= 15 is 0 Å². The SMILES string of the molecule is CN(C(=O)CCO)c1ccc2nc[nH]c2c1. The standard InChI is InChI=1S/C11H13N3O2/c1-14(11(16)4-5-15)8-2-3-9-10(6-8)13-7-12-9/h2-3,6-7,15H,4-5H2,1H3,(H,12,13). The number of hydrogen-bond acceptors (Lipinski definition) is 3. The number of aliphatic hydroxyl groups is 1. The molecule has 0 saturated heterocycles. The number of imidazole rings is 1. The largest absolute Gasteiger partial charge is 0.396 e. The maximum absolute atomic E-state index is 11.6. The first-order valence-corrected chi connectivity index (χ1v) is 5.03. The molecule has 1 amide bonds. The lowest BCUT2D eigenvalue weighted by Gasteiger charge is -2.16. The van der Waals surface area contributed by atoms with Gasteiger partial charge in [-0.05, 0) is 18.2 Å². The van der Waals surface area contributed by atoms with Crippen LogP contribution < -0.4 is 4.90 Å². The van der Waals surface area contributed by atoms with E-state index in [0.29, 0.717) is 0 Å². The predicted octanol–water partition coefficient (Wildman–Crippen LogP) is 0.908. The Balaban J connectivity index is 2.28. The van der Waals surface area contributed by atoms with Crippen molar-refractivity contribution in [2.24, 2.45) is 0 Å². The minimum atomic E-state index is -0.129. The van der Waals surface area contributed by atoms with Crippen LogP contribution in [0.5, 0.6) is 0 Å². The average Bonchev–Trinajstić information content (AvgIpc) is 2.75. The van der Waals surface area contributed by atoms with Crippen molar-refractivity contribution < 1.29 is 9.90 Å². The molecule has 0 aliphatic heterocycles. The Labute approximate surface area is 92.7 Å². The highest BCUT2D eigenvalue weighted by Crippen LogP contribution is 2.19. The van der Waals surface area contributed by atoms with E-state index in [4.69, 9.17) is 5.11 Å².